The summed E-state index contributed by atoms with van der Waals surface area (Å²) in [6, 6.07) is 0. The molecule has 0 unspecified atom stereocenters. The van der Waals surface area contributed by atoms with Crippen LogP contribution in [0.3, 0.4) is 0 Å². The van der Waals surface area contributed by atoms with Crippen LogP contribution < -0.4 is 0 Å². The van der Waals surface area contributed by atoms with Gasteiger partial charge in [0, 0.05) is 5.92 Å². The monoisotopic (exact) mass is 242 g/mol. The van der Waals surface area contributed by atoms with E-state index in [-0.39, 0.29) is 5.92 Å². The lowest BCUT2D eigenvalue weighted by Gasteiger charge is -2.19. The summed E-state index contributed by atoms with van der Waals surface area (Å²) in [6.07, 6.45) is 4.87. The Hall–Kier alpha value is -1.36. The van der Waals surface area contributed by atoms with Gasteiger partial charge in [0.05, 0.1) is 20.3 Å². The maximum absolute atomic E-state index is 11.6. The van der Waals surface area contributed by atoms with Crippen molar-refractivity contribution in [2.75, 3.05) is 14.2 Å². The summed E-state index contributed by atoms with van der Waals surface area (Å²) < 4.78 is 9.24. The molecule has 1 rings (SSSR count). The summed E-state index contributed by atoms with van der Waals surface area (Å²) in [5, 5.41) is 9.46. The van der Waals surface area contributed by atoms with Crippen LogP contribution >= 0.6 is 0 Å². The summed E-state index contributed by atoms with van der Waals surface area (Å²) in [5.41, 5.74) is 0. The van der Waals surface area contributed by atoms with E-state index < -0.39 is 24.0 Å². The Morgan fingerprint density at radius 2 is 1.76 bits per heavy atom. The number of carbonyl (C=O) groups excluding carboxylic acids is 2. The first kappa shape index (κ1) is 13.7. The number of aliphatic hydroxyl groups is 1. The van der Waals surface area contributed by atoms with Crippen LogP contribution in [0.2, 0.25) is 0 Å². The van der Waals surface area contributed by atoms with Gasteiger partial charge in [-0.05, 0) is 19.3 Å². The van der Waals surface area contributed by atoms with E-state index in [1.807, 2.05) is 0 Å². The number of hydrogen-bond donors (Lipinski definition) is 1. The second-order valence-corrected chi connectivity index (χ2v) is 4.07. The zero-order valence-electron chi connectivity index (χ0n) is 10.1. The smallest absolute Gasteiger partial charge is 0.320 e. The van der Waals surface area contributed by atoms with Gasteiger partial charge in [-0.1, -0.05) is 12.2 Å². The number of allylic oxidation sites excluding steroid dienone is 1. The van der Waals surface area contributed by atoms with Crippen molar-refractivity contribution in [3.8, 4) is 0 Å². The molecule has 5 heteroatoms. The van der Waals surface area contributed by atoms with Crippen LogP contribution in [0.25, 0.3) is 0 Å². The van der Waals surface area contributed by atoms with Crippen LogP contribution in [0.1, 0.15) is 19.3 Å². The molecule has 0 saturated carbocycles. The number of carbonyl (C=O) groups is 2. The van der Waals surface area contributed by atoms with Crippen LogP contribution in [-0.2, 0) is 19.1 Å². The first-order chi connectivity index (χ1) is 8.10. The zero-order valence-corrected chi connectivity index (χ0v) is 10.1. The Morgan fingerprint density at radius 1 is 1.18 bits per heavy atom. The van der Waals surface area contributed by atoms with Gasteiger partial charge in [-0.15, -0.1) is 0 Å². The number of methoxy groups -OCH3 is 2. The summed E-state index contributed by atoms with van der Waals surface area (Å²) in [4.78, 5) is 23.2. The Kier molecular flexibility index (Phi) is 5.15. The van der Waals surface area contributed by atoms with Crippen molar-refractivity contribution in [3.63, 3.8) is 0 Å². The molecule has 0 spiro atoms. The molecular weight excluding hydrogens is 224 g/mol. The van der Waals surface area contributed by atoms with Gasteiger partial charge < -0.3 is 14.6 Å². The SMILES string of the molecule is COC(=O)C(C(=O)OC)[C@@H]1C=C[C@H](O)CCC1. The van der Waals surface area contributed by atoms with E-state index in [4.69, 9.17) is 0 Å². The molecule has 0 radical (unpaired) electrons. The normalized spacial score (nSPS) is 24.2. The Bertz CT molecular complexity index is 294. The average molecular weight is 242 g/mol. The number of rotatable bonds is 3. The highest BCUT2D eigenvalue weighted by molar-refractivity contribution is 5.95. The van der Waals surface area contributed by atoms with E-state index in [1.54, 1.807) is 12.2 Å². The maximum atomic E-state index is 11.6. The molecule has 0 aromatic heterocycles. The van der Waals surface area contributed by atoms with Gasteiger partial charge in [-0.2, -0.15) is 0 Å². The predicted octanol–water partition coefficient (Wildman–Crippen LogP) is 0.666. The van der Waals surface area contributed by atoms with Gasteiger partial charge >= 0.3 is 11.9 Å². The first-order valence-electron chi connectivity index (χ1n) is 5.62. The molecule has 17 heavy (non-hydrogen) atoms. The van der Waals surface area contributed by atoms with Crippen LogP contribution in [0, 0.1) is 11.8 Å². The van der Waals surface area contributed by atoms with Crippen molar-refractivity contribution in [2.24, 2.45) is 11.8 Å². The number of esters is 2. The average Bonchev–Trinajstić information content (AvgIpc) is 2.54. The lowest BCUT2D eigenvalue weighted by Crippen LogP contribution is -2.32. The zero-order chi connectivity index (χ0) is 12.8. The van der Waals surface area contributed by atoms with Gasteiger partial charge in [0.2, 0.25) is 0 Å². The standard InChI is InChI=1S/C12H18O5/c1-16-11(14)10(12(15)17-2)8-4-3-5-9(13)7-6-8/h6-10,13H,3-5H2,1-2H3/t8-,9+/m0/s1. The highest BCUT2D eigenvalue weighted by Gasteiger charge is 2.35. The molecule has 2 atom stereocenters. The molecule has 5 nitrogen and oxygen atoms in total. The van der Waals surface area contributed by atoms with Crippen molar-refractivity contribution in [1.29, 1.82) is 0 Å². The van der Waals surface area contributed by atoms with Crippen LogP contribution in [-0.4, -0.2) is 37.4 Å². The molecule has 1 N–H and O–H groups in total. The highest BCUT2D eigenvalue weighted by Crippen LogP contribution is 2.26. The molecular formula is C12H18O5. The van der Waals surface area contributed by atoms with Crippen molar-refractivity contribution in [3.05, 3.63) is 12.2 Å². The fourth-order valence-electron chi connectivity index (χ4n) is 2.00. The van der Waals surface area contributed by atoms with E-state index >= 15 is 0 Å². The first-order valence-corrected chi connectivity index (χ1v) is 5.62. The number of ether oxygens (including phenoxy) is 2. The third kappa shape index (κ3) is 3.56. The fourth-order valence-corrected chi connectivity index (χ4v) is 2.00. The second kappa shape index (κ2) is 6.39. The molecule has 0 heterocycles. The Balaban J connectivity index is 2.85. The molecule has 0 bridgehead atoms. The topological polar surface area (TPSA) is 72.8 Å². The fraction of sp³-hybridized carbons (Fsp3) is 0.667. The summed E-state index contributed by atoms with van der Waals surface area (Å²) in [5.74, 6) is -2.40. The predicted molar refractivity (Wildman–Crippen MR) is 60.0 cm³/mol. The molecule has 0 aromatic rings. The summed E-state index contributed by atoms with van der Waals surface area (Å²) in [7, 11) is 2.49. The largest absolute Gasteiger partial charge is 0.468 e. The number of hydrogen-bond acceptors (Lipinski definition) is 5. The number of aliphatic hydroxyl groups excluding tert-OH is 1. The van der Waals surface area contributed by atoms with Crippen molar-refractivity contribution in [2.45, 2.75) is 25.4 Å². The van der Waals surface area contributed by atoms with E-state index in [0.29, 0.717) is 12.8 Å². The van der Waals surface area contributed by atoms with E-state index in [2.05, 4.69) is 9.47 Å². The highest BCUT2D eigenvalue weighted by atomic mass is 16.5. The maximum Gasteiger partial charge on any atom is 0.320 e. The van der Waals surface area contributed by atoms with Gasteiger partial charge in [-0.25, -0.2) is 0 Å². The van der Waals surface area contributed by atoms with E-state index in [9.17, 15) is 14.7 Å². The lowest BCUT2D eigenvalue weighted by atomic mass is 9.88. The minimum Gasteiger partial charge on any atom is -0.468 e. The van der Waals surface area contributed by atoms with E-state index in [1.165, 1.54) is 14.2 Å². The summed E-state index contributed by atoms with van der Waals surface area (Å²) in [6.45, 7) is 0. The molecule has 0 aromatic carbocycles. The molecule has 1 aliphatic rings. The van der Waals surface area contributed by atoms with Gasteiger partial charge in [-0.3, -0.25) is 9.59 Å². The molecule has 1 aliphatic carbocycles. The van der Waals surface area contributed by atoms with Gasteiger partial charge in [0.25, 0.3) is 0 Å². The molecule has 0 fully saturated rings. The quantitative estimate of drug-likeness (QED) is 0.447. The third-order valence-electron chi connectivity index (χ3n) is 2.96. The third-order valence-corrected chi connectivity index (χ3v) is 2.96. The van der Waals surface area contributed by atoms with Crippen molar-refractivity contribution < 1.29 is 24.2 Å². The minimum absolute atomic E-state index is 0.271. The van der Waals surface area contributed by atoms with Gasteiger partial charge in [0.15, 0.2) is 5.92 Å². The molecule has 96 valence electrons. The molecule has 0 aliphatic heterocycles. The summed E-state index contributed by atoms with van der Waals surface area (Å²) >= 11 is 0. The Labute approximate surface area is 100 Å². The van der Waals surface area contributed by atoms with Crippen LogP contribution in [0.4, 0.5) is 0 Å². The Morgan fingerprint density at radius 3 is 2.29 bits per heavy atom. The van der Waals surface area contributed by atoms with E-state index in [0.717, 1.165) is 6.42 Å². The molecule has 0 amide bonds. The van der Waals surface area contributed by atoms with Crippen molar-refractivity contribution in [1.82, 2.24) is 0 Å². The lowest BCUT2D eigenvalue weighted by molar-refractivity contribution is -0.160. The minimum atomic E-state index is -0.938. The van der Waals surface area contributed by atoms with Crippen LogP contribution in [0.15, 0.2) is 12.2 Å². The molecule has 0 saturated heterocycles. The van der Waals surface area contributed by atoms with Gasteiger partial charge in [0.1, 0.15) is 0 Å². The van der Waals surface area contributed by atoms with Crippen LogP contribution in [0.5, 0.6) is 0 Å². The second-order valence-electron chi connectivity index (χ2n) is 4.07. The van der Waals surface area contributed by atoms with Crippen molar-refractivity contribution >= 4 is 11.9 Å².